The summed E-state index contributed by atoms with van der Waals surface area (Å²) in [6.45, 7) is 4.06. The van der Waals surface area contributed by atoms with Gasteiger partial charge in [-0.1, -0.05) is 42.3 Å². The van der Waals surface area contributed by atoms with Gasteiger partial charge in [-0.2, -0.15) is 0 Å². The molecule has 0 fully saturated rings. The van der Waals surface area contributed by atoms with Gasteiger partial charge in [0, 0.05) is 16.8 Å². The molecule has 0 atom stereocenters. The molecule has 1 aromatic heterocycles. The van der Waals surface area contributed by atoms with Crippen LogP contribution in [-0.4, -0.2) is 9.97 Å². The molecule has 0 radical (unpaired) electrons. The number of hydrogen-bond acceptors (Lipinski definition) is 2. The minimum absolute atomic E-state index is 0.507. The summed E-state index contributed by atoms with van der Waals surface area (Å²) in [5.41, 5.74) is 2.99. The fraction of sp³-hybridized carbons (Fsp3) is 0.231. The zero-order valence-corrected chi connectivity index (χ0v) is 12.4. The average Bonchev–Trinajstić information content (AvgIpc) is 2.32. The van der Waals surface area contributed by atoms with Gasteiger partial charge < -0.3 is 4.98 Å². The van der Waals surface area contributed by atoms with Gasteiger partial charge in [-0.15, -0.1) is 0 Å². The third-order valence-corrected chi connectivity index (χ3v) is 3.85. The number of aryl methyl sites for hydroxylation is 1. The van der Waals surface area contributed by atoms with Gasteiger partial charge in [0.25, 0.3) is 0 Å². The van der Waals surface area contributed by atoms with E-state index in [1.165, 1.54) is 0 Å². The van der Waals surface area contributed by atoms with Gasteiger partial charge in [0.05, 0.1) is 10.0 Å². The molecule has 0 spiro atoms. The number of aromatic nitrogens is 2. The maximum Gasteiger partial charge on any atom is 0.139 e. The minimum Gasteiger partial charge on any atom is -0.343 e. The molecule has 18 heavy (non-hydrogen) atoms. The molecule has 1 heterocycles. The Balaban J connectivity index is 2.58. The molecule has 94 valence electrons. The van der Waals surface area contributed by atoms with Crippen molar-refractivity contribution in [2.45, 2.75) is 20.3 Å². The molecular formula is C13H12Cl2N2S. The quantitative estimate of drug-likeness (QED) is 0.792. The van der Waals surface area contributed by atoms with Crippen LogP contribution in [0, 0.1) is 11.6 Å². The van der Waals surface area contributed by atoms with Crippen LogP contribution in [0.25, 0.3) is 11.4 Å². The summed E-state index contributed by atoms with van der Waals surface area (Å²) in [6.07, 6.45) is 0.871. The van der Waals surface area contributed by atoms with Crippen LogP contribution < -0.4 is 0 Å². The van der Waals surface area contributed by atoms with Gasteiger partial charge in [-0.3, -0.25) is 0 Å². The van der Waals surface area contributed by atoms with E-state index in [9.17, 15) is 0 Å². The topological polar surface area (TPSA) is 28.7 Å². The van der Waals surface area contributed by atoms with E-state index < -0.39 is 0 Å². The van der Waals surface area contributed by atoms with Crippen molar-refractivity contribution < 1.29 is 0 Å². The molecule has 0 saturated carbocycles. The van der Waals surface area contributed by atoms with Crippen LogP contribution in [0.5, 0.6) is 0 Å². The largest absolute Gasteiger partial charge is 0.343 e. The number of halogens is 2. The summed E-state index contributed by atoms with van der Waals surface area (Å²) in [5, 5.41) is 1.04. The van der Waals surface area contributed by atoms with E-state index in [-0.39, 0.29) is 0 Å². The summed E-state index contributed by atoms with van der Waals surface area (Å²) in [6, 6.07) is 5.40. The maximum absolute atomic E-state index is 6.00. The highest BCUT2D eigenvalue weighted by Crippen LogP contribution is 2.27. The summed E-state index contributed by atoms with van der Waals surface area (Å²) < 4.78 is 0.634. The third kappa shape index (κ3) is 2.58. The van der Waals surface area contributed by atoms with Crippen LogP contribution in [0.1, 0.15) is 18.2 Å². The lowest BCUT2D eigenvalue weighted by molar-refractivity contribution is 0.989. The number of aromatic amines is 1. The van der Waals surface area contributed by atoms with Gasteiger partial charge in [0.15, 0.2) is 0 Å². The average molecular weight is 299 g/mol. The molecule has 0 aliphatic rings. The normalized spacial score (nSPS) is 10.7. The van der Waals surface area contributed by atoms with Crippen LogP contribution in [0.4, 0.5) is 0 Å². The molecule has 0 amide bonds. The summed E-state index contributed by atoms with van der Waals surface area (Å²) in [5.74, 6) is 0.716. The van der Waals surface area contributed by atoms with Crippen LogP contribution in [0.2, 0.25) is 10.0 Å². The zero-order chi connectivity index (χ0) is 13.3. The highest BCUT2D eigenvalue weighted by molar-refractivity contribution is 7.71. The highest BCUT2D eigenvalue weighted by atomic mass is 35.5. The maximum atomic E-state index is 6.00. The molecule has 0 unspecified atom stereocenters. The summed E-state index contributed by atoms with van der Waals surface area (Å²) >= 11 is 17.2. The molecule has 5 heteroatoms. The molecule has 1 N–H and O–H groups in total. The van der Waals surface area contributed by atoms with Crippen LogP contribution in [0.3, 0.4) is 0 Å². The van der Waals surface area contributed by atoms with Crippen LogP contribution in [-0.2, 0) is 6.42 Å². The van der Waals surface area contributed by atoms with Crippen molar-refractivity contribution in [1.29, 1.82) is 0 Å². The van der Waals surface area contributed by atoms with Crippen LogP contribution in [0.15, 0.2) is 18.2 Å². The Morgan fingerprint density at radius 2 is 2.00 bits per heavy atom. The lowest BCUT2D eigenvalue weighted by Crippen LogP contribution is -1.99. The minimum atomic E-state index is 0.507. The number of benzene rings is 1. The predicted octanol–water partition coefficient (Wildman–Crippen LogP) is 4.98. The number of nitrogens with one attached hydrogen (secondary N) is 1. The second-order valence-electron chi connectivity index (χ2n) is 3.98. The Morgan fingerprint density at radius 3 is 2.56 bits per heavy atom. The Morgan fingerprint density at radius 1 is 1.28 bits per heavy atom. The molecule has 2 rings (SSSR count). The van der Waals surface area contributed by atoms with Crippen molar-refractivity contribution in [3.05, 3.63) is 44.1 Å². The van der Waals surface area contributed by atoms with Crippen molar-refractivity contribution in [3.63, 3.8) is 0 Å². The standard InChI is InChI=1S/C13H12Cl2N2S/c1-3-9-7(2)16-12(17-13(9)18)8-4-5-10(14)11(15)6-8/h4-6H,3H2,1-2H3,(H,16,17,18). The van der Waals surface area contributed by atoms with Crippen molar-refractivity contribution in [1.82, 2.24) is 9.97 Å². The Labute approximate surface area is 121 Å². The van der Waals surface area contributed by atoms with Gasteiger partial charge in [0.2, 0.25) is 0 Å². The Bertz CT molecular complexity index is 650. The number of nitrogens with zero attached hydrogens (tertiary/aromatic N) is 1. The highest BCUT2D eigenvalue weighted by Gasteiger charge is 2.07. The van der Waals surface area contributed by atoms with Gasteiger partial charge >= 0.3 is 0 Å². The predicted molar refractivity (Wildman–Crippen MR) is 79.0 cm³/mol. The van der Waals surface area contributed by atoms with Crippen molar-refractivity contribution in [2.75, 3.05) is 0 Å². The van der Waals surface area contributed by atoms with E-state index in [0.29, 0.717) is 20.5 Å². The lowest BCUT2D eigenvalue weighted by Gasteiger charge is -2.08. The second-order valence-corrected chi connectivity index (χ2v) is 5.18. The summed E-state index contributed by atoms with van der Waals surface area (Å²) in [7, 11) is 0. The first kappa shape index (κ1) is 13.5. The smallest absolute Gasteiger partial charge is 0.139 e. The van der Waals surface area contributed by atoms with E-state index in [2.05, 4.69) is 16.9 Å². The molecule has 0 saturated heterocycles. The molecule has 0 bridgehead atoms. The fourth-order valence-corrected chi connectivity index (χ4v) is 2.49. The van der Waals surface area contributed by atoms with E-state index in [0.717, 1.165) is 23.2 Å². The van der Waals surface area contributed by atoms with E-state index in [4.69, 9.17) is 35.4 Å². The van der Waals surface area contributed by atoms with E-state index in [1.54, 1.807) is 12.1 Å². The third-order valence-electron chi connectivity index (χ3n) is 2.78. The number of hydrogen-bond donors (Lipinski definition) is 1. The van der Waals surface area contributed by atoms with Gasteiger partial charge in [-0.05, 0) is 31.5 Å². The summed E-state index contributed by atoms with van der Waals surface area (Å²) in [4.78, 5) is 7.65. The number of rotatable bonds is 2. The first-order valence-corrected chi connectivity index (χ1v) is 6.74. The molecule has 0 aliphatic carbocycles. The van der Waals surface area contributed by atoms with E-state index >= 15 is 0 Å². The fourth-order valence-electron chi connectivity index (χ4n) is 1.81. The lowest BCUT2D eigenvalue weighted by atomic mass is 10.1. The SMILES string of the molecule is CCc1c(C)[nH]c(-c2ccc(Cl)c(Cl)c2)nc1=S. The van der Waals surface area contributed by atoms with Crippen molar-refractivity contribution >= 4 is 35.4 Å². The first-order chi connectivity index (χ1) is 8.52. The van der Waals surface area contributed by atoms with Gasteiger partial charge in [-0.25, -0.2) is 4.98 Å². The van der Waals surface area contributed by atoms with Crippen LogP contribution >= 0.6 is 35.4 Å². The first-order valence-electron chi connectivity index (χ1n) is 5.58. The molecule has 0 aliphatic heterocycles. The second kappa shape index (κ2) is 5.39. The van der Waals surface area contributed by atoms with E-state index in [1.807, 2.05) is 13.0 Å². The zero-order valence-electron chi connectivity index (χ0n) is 10.1. The Hall–Kier alpha value is -0.900. The Kier molecular flexibility index (Phi) is 4.05. The monoisotopic (exact) mass is 298 g/mol. The number of H-pyrrole nitrogens is 1. The molecule has 2 nitrogen and oxygen atoms in total. The van der Waals surface area contributed by atoms with Crippen molar-refractivity contribution in [3.8, 4) is 11.4 Å². The molecule has 1 aromatic carbocycles. The molecular weight excluding hydrogens is 287 g/mol. The van der Waals surface area contributed by atoms with Gasteiger partial charge in [0.1, 0.15) is 10.5 Å². The molecule has 2 aromatic rings. The van der Waals surface area contributed by atoms with Crippen molar-refractivity contribution in [2.24, 2.45) is 0 Å².